The SMILES string of the molecule is C/C(Cl)=C\C(C)Cl.C=C(C)C.CC.Nc1cccc(-c2ccc(-c3ccnn3Cc3ccc(C(=O)NCCC(=O)O)cc3)cc2)c1. The Morgan fingerprint density at radius 1 is 0.978 bits per heavy atom. The zero-order valence-corrected chi connectivity index (χ0v) is 29.1. The fourth-order valence-electron chi connectivity index (χ4n) is 3.89. The molecule has 1 amide bonds. The molecule has 246 valence electrons. The van der Waals surface area contributed by atoms with Crippen LogP contribution in [0.2, 0.25) is 0 Å². The number of nitrogen functional groups attached to an aromatic ring is 1. The average Bonchev–Trinajstić information content (AvgIpc) is 3.46. The number of carbonyl (C=O) groups is 2. The number of carbonyl (C=O) groups excluding carboxylic acids is 1. The lowest BCUT2D eigenvalue weighted by molar-refractivity contribution is -0.136. The third-order valence-electron chi connectivity index (χ3n) is 5.75. The number of nitrogens with zero attached hydrogens (tertiary/aromatic N) is 2. The molecule has 46 heavy (non-hydrogen) atoms. The van der Waals surface area contributed by atoms with Crippen molar-refractivity contribution in [2.24, 2.45) is 0 Å². The predicted octanol–water partition coefficient (Wildman–Crippen LogP) is 9.42. The molecule has 0 saturated carbocycles. The van der Waals surface area contributed by atoms with Gasteiger partial charge in [0.2, 0.25) is 0 Å². The van der Waals surface area contributed by atoms with E-state index in [0.29, 0.717) is 12.1 Å². The third kappa shape index (κ3) is 15.6. The monoisotopic (exact) mass is 664 g/mol. The van der Waals surface area contributed by atoms with Crippen LogP contribution in [0.25, 0.3) is 22.4 Å². The van der Waals surface area contributed by atoms with Gasteiger partial charge in [-0.05, 0) is 80.3 Å². The Kier molecular flexibility index (Phi) is 18.5. The number of amides is 1. The summed E-state index contributed by atoms with van der Waals surface area (Å²) in [5, 5.41) is 16.5. The molecular formula is C37H46Cl2N4O3. The molecule has 4 rings (SSSR count). The van der Waals surface area contributed by atoms with Crippen LogP contribution in [0, 0.1) is 0 Å². The molecule has 1 aromatic heterocycles. The number of carboxylic acids is 1. The fraction of sp³-hybridized carbons (Fsp3) is 0.270. The number of nitrogens with two attached hydrogens (primary N) is 1. The summed E-state index contributed by atoms with van der Waals surface area (Å²) in [4.78, 5) is 22.7. The number of hydrogen-bond acceptors (Lipinski definition) is 4. The van der Waals surface area contributed by atoms with Crippen molar-refractivity contribution in [2.75, 3.05) is 12.3 Å². The van der Waals surface area contributed by atoms with Gasteiger partial charge in [0.1, 0.15) is 0 Å². The predicted molar refractivity (Wildman–Crippen MR) is 194 cm³/mol. The molecule has 4 N–H and O–H groups in total. The van der Waals surface area contributed by atoms with Crippen LogP contribution < -0.4 is 11.1 Å². The standard InChI is InChI=1S/C26H24N4O3.C5H8Cl2.C4H8.C2H6/c27-23-3-1-2-22(16-23)19-8-10-20(11-9-19)24-12-15-29-30(24)17-18-4-6-21(7-5-18)26(33)28-14-13-25(31)32;1-4(6)3-5(2)7;1-4(2)3;1-2/h1-12,15-16H,13-14,17,27H2,(H,28,33)(H,31,32);3-4H,1-2H3;1H2,2-3H3;1-2H3/b;5-3+;;. The maximum atomic E-state index is 12.1. The number of anilines is 1. The smallest absolute Gasteiger partial charge is 0.305 e. The lowest BCUT2D eigenvalue weighted by atomic mass is 10.0. The first-order chi connectivity index (χ1) is 21.8. The number of alkyl halides is 1. The second-order valence-electron chi connectivity index (χ2n) is 10.3. The molecule has 4 aromatic rings. The van der Waals surface area contributed by atoms with Crippen molar-refractivity contribution in [2.45, 2.75) is 59.9 Å². The molecular weight excluding hydrogens is 619 g/mol. The largest absolute Gasteiger partial charge is 0.481 e. The van der Waals surface area contributed by atoms with Crippen LogP contribution in [0.15, 0.2) is 108 Å². The Morgan fingerprint density at radius 3 is 2.07 bits per heavy atom. The quantitative estimate of drug-likeness (QED) is 0.0938. The molecule has 1 heterocycles. The molecule has 0 radical (unpaired) electrons. The maximum absolute atomic E-state index is 12.1. The fourth-order valence-corrected chi connectivity index (χ4v) is 4.33. The van der Waals surface area contributed by atoms with Crippen molar-refractivity contribution in [1.82, 2.24) is 15.1 Å². The van der Waals surface area contributed by atoms with Gasteiger partial charge in [0.05, 0.1) is 24.0 Å². The van der Waals surface area contributed by atoms with Crippen molar-refractivity contribution >= 4 is 40.8 Å². The van der Waals surface area contributed by atoms with Gasteiger partial charge in [-0.3, -0.25) is 14.3 Å². The lowest BCUT2D eigenvalue weighted by Crippen LogP contribution is -2.25. The van der Waals surface area contributed by atoms with Gasteiger partial charge in [-0.1, -0.05) is 85.6 Å². The first-order valence-corrected chi connectivity index (χ1v) is 15.8. The van der Waals surface area contributed by atoms with Crippen molar-refractivity contribution in [3.63, 3.8) is 0 Å². The van der Waals surface area contributed by atoms with Crippen molar-refractivity contribution in [3.8, 4) is 22.4 Å². The van der Waals surface area contributed by atoms with E-state index < -0.39 is 5.97 Å². The molecule has 0 aliphatic heterocycles. The van der Waals surface area contributed by atoms with Gasteiger partial charge >= 0.3 is 5.97 Å². The Labute approximate surface area is 283 Å². The third-order valence-corrected chi connectivity index (χ3v) is 6.00. The summed E-state index contributed by atoms with van der Waals surface area (Å²) in [7, 11) is 0. The number of carboxylic acid groups (broad SMARTS) is 1. The number of benzene rings is 3. The number of hydrogen-bond donors (Lipinski definition) is 3. The number of allylic oxidation sites excluding steroid dienone is 3. The summed E-state index contributed by atoms with van der Waals surface area (Å²) in [6.07, 6.45) is 3.45. The van der Waals surface area contributed by atoms with Crippen LogP contribution >= 0.6 is 23.2 Å². The molecule has 7 nitrogen and oxygen atoms in total. The van der Waals surface area contributed by atoms with Crippen molar-refractivity contribution in [1.29, 1.82) is 0 Å². The van der Waals surface area contributed by atoms with Gasteiger partial charge in [-0.2, -0.15) is 5.10 Å². The van der Waals surface area contributed by atoms with E-state index >= 15 is 0 Å². The van der Waals surface area contributed by atoms with Crippen molar-refractivity contribution < 1.29 is 14.7 Å². The van der Waals surface area contributed by atoms with E-state index in [0.717, 1.165) is 38.7 Å². The van der Waals surface area contributed by atoms with Gasteiger partial charge < -0.3 is 16.2 Å². The van der Waals surface area contributed by atoms with Gasteiger partial charge in [0.15, 0.2) is 0 Å². The molecule has 0 fully saturated rings. The summed E-state index contributed by atoms with van der Waals surface area (Å²) in [5.41, 5.74) is 13.5. The van der Waals surface area contributed by atoms with E-state index in [1.807, 2.05) is 81.8 Å². The van der Waals surface area contributed by atoms with Gasteiger partial charge in [-0.15, -0.1) is 18.2 Å². The zero-order chi connectivity index (χ0) is 34.6. The molecule has 0 spiro atoms. The second kappa shape index (κ2) is 21.4. The molecule has 1 unspecified atom stereocenters. The van der Waals surface area contributed by atoms with E-state index in [9.17, 15) is 9.59 Å². The average molecular weight is 666 g/mol. The van der Waals surface area contributed by atoms with Crippen LogP contribution in [0.3, 0.4) is 0 Å². The highest BCUT2D eigenvalue weighted by Crippen LogP contribution is 2.26. The minimum atomic E-state index is -0.944. The van der Waals surface area contributed by atoms with Crippen LogP contribution in [0.4, 0.5) is 5.69 Å². The lowest BCUT2D eigenvalue weighted by Gasteiger charge is -2.10. The number of rotatable bonds is 9. The minimum Gasteiger partial charge on any atom is -0.481 e. The van der Waals surface area contributed by atoms with Gasteiger partial charge in [-0.25, -0.2) is 0 Å². The zero-order valence-electron chi connectivity index (χ0n) is 27.6. The van der Waals surface area contributed by atoms with Crippen LogP contribution in [0.5, 0.6) is 0 Å². The number of nitrogens with one attached hydrogen (secondary N) is 1. The van der Waals surface area contributed by atoms with Gasteiger partial charge in [0.25, 0.3) is 5.91 Å². The first kappa shape index (κ1) is 39.7. The number of aliphatic carboxylic acids is 1. The Bertz CT molecular complexity index is 1540. The minimum absolute atomic E-state index is 0.0532. The summed E-state index contributed by atoms with van der Waals surface area (Å²) in [5.74, 6) is -1.23. The highest BCUT2D eigenvalue weighted by atomic mass is 35.5. The summed E-state index contributed by atoms with van der Waals surface area (Å²) in [6, 6.07) is 25.3. The maximum Gasteiger partial charge on any atom is 0.305 e. The highest BCUT2D eigenvalue weighted by Gasteiger charge is 2.09. The number of aromatic nitrogens is 2. The summed E-state index contributed by atoms with van der Waals surface area (Å²) >= 11 is 11.0. The van der Waals surface area contributed by atoms with Crippen LogP contribution in [-0.4, -0.2) is 38.7 Å². The summed E-state index contributed by atoms with van der Waals surface area (Å²) in [6.45, 7) is 15.8. The van der Waals surface area contributed by atoms with Crippen LogP contribution in [0.1, 0.15) is 63.9 Å². The highest BCUT2D eigenvalue weighted by molar-refractivity contribution is 6.30. The molecule has 0 bridgehead atoms. The van der Waals surface area contributed by atoms with Crippen LogP contribution in [-0.2, 0) is 11.3 Å². The summed E-state index contributed by atoms with van der Waals surface area (Å²) < 4.78 is 1.91. The van der Waals surface area contributed by atoms with E-state index in [1.165, 1.54) is 5.57 Å². The van der Waals surface area contributed by atoms with Crippen molar-refractivity contribution in [3.05, 3.63) is 119 Å². The molecule has 0 aliphatic carbocycles. The van der Waals surface area contributed by atoms with E-state index in [2.05, 4.69) is 41.3 Å². The Morgan fingerprint density at radius 2 is 1.57 bits per heavy atom. The van der Waals surface area contributed by atoms with E-state index in [-0.39, 0.29) is 24.2 Å². The van der Waals surface area contributed by atoms with E-state index in [1.54, 1.807) is 31.3 Å². The molecule has 0 saturated heterocycles. The Balaban J connectivity index is 0.000000694. The van der Waals surface area contributed by atoms with E-state index in [4.69, 9.17) is 34.0 Å². The Hall–Kier alpha value is -4.33. The van der Waals surface area contributed by atoms with Gasteiger partial charge in [0, 0.05) is 29.0 Å². The molecule has 9 heteroatoms. The first-order valence-electron chi connectivity index (χ1n) is 15.0. The second-order valence-corrected chi connectivity index (χ2v) is 11.6. The molecule has 3 aromatic carbocycles. The normalized spacial score (nSPS) is 10.9. The molecule has 1 atom stereocenters. The topological polar surface area (TPSA) is 110 Å². The number of halogens is 2. The molecule has 0 aliphatic rings.